The fourth-order valence-corrected chi connectivity index (χ4v) is 1.93. The molecule has 3 heterocycles. The summed E-state index contributed by atoms with van der Waals surface area (Å²) < 4.78 is 5.20. The Bertz CT molecular complexity index is 766. The second kappa shape index (κ2) is 4.26. The molecule has 6 heteroatoms. The molecule has 0 unspecified atom stereocenters. The van der Waals surface area contributed by atoms with Crippen LogP contribution in [0.1, 0.15) is 31.1 Å². The maximum Gasteiger partial charge on any atom is 0.181 e. The predicted molar refractivity (Wildman–Crippen MR) is 73.2 cm³/mol. The number of fused-ring (bicyclic) bond motifs is 1. The van der Waals surface area contributed by atoms with E-state index in [1.807, 2.05) is 20.8 Å². The Morgan fingerprint density at radius 1 is 1.30 bits per heavy atom. The van der Waals surface area contributed by atoms with Crippen molar-refractivity contribution in [3.05, 3.63) is 30.5 Å². The number of nitrogens with zero attached hydrogens (tertiary/aromatic N) is 3. The molecule has 0 aliphatic heterocycles. The fourth-order valence-electron chi connectivity index (χ4n) is 1.93. The van der Waals surface area contributed by atoms with Gasteiger partial charge in [0.1, 0.15) is 11.2 Å². The van der Waals surface area contributed by atoms with E-state index in [2.05, 4.69) is 19.9 Å². The van der Waals surface area contributed by atoms with Gasteiger partial charge in [0.15, 0.2) is 23.6 Å². The first-order valence-corrected chi connectivity index (χ1v) is 6.24. The smallest absolute Gasteiger partial charge is 0.181 e. The Morgan fingerprint density at radius 2 is 2.10 bits per heavy atom. The molecule has 0 aromatic carbocycles. The third-order valence-corrected chi connectivity index (χ3v) is 2.99. The Hall–Kier alpha value is -2.50. The second-order valence-corrected chi connectivity index (χ2v) is 5.60. The first kappa shape index (κ1) is 12.5. The van der Waals surface area contributed by atoms with Crippen LogP contribution < -0.4 is 0 Å². The van der Waals surface area contributed by atoms with Crippen molar-refractivity contribution in [2.75, 3.05) is 0 Å². The Morgan fingerprint density at radius 3 is 2.75 bits per heavy atom. The number of rotatable bonds is 2. The van der Waals surface area contributed by atoms with Crippen molar-refractivity contribution >= 4 is 16.9 Å². The van der Waals surface area contributed by atoms with Crippen molar-refractivity contribution in [1.29, 1.82) is 0 Å². The topological polar surface area (TPSA) is 84.7 Å². The normalized spacial score (nSPS) is 11.9. The van der Waals surface area contributed by atoms with Crippen LogP contribution in [-0.2, 0) is 0 Å². The highest BCUT2D eigenvalue weighted by Gasteiger charge is 2.26. The molecule has 0 bridgehead atoms. The lowest BCUT2D eigenvalue weighted by Crippen LogP contribution is -2.20. The van der Waals surface area contributed by atoms with Gasteiger partial charge < -0.3 is 9.40 Å². The highest BCUT2D eigenvalue weighted by atomic mass is 16.3. The van der Waals surface area contributed by atoms with Crippen LogP contribution in [0.3, 0.4) is 0 Å². The first-order valence-electron chi connectivity index (χ1n) is 6.24. The van der Waals surface area contributed by atoms with E-state index in [1.54, 1.807) is 18.6 Å². The Labute approximate surface area is 115 Å². The standard InChI is InChI=1S/C14H14N4O2/c1-14(2,3)12(19)8-4-16-13-11(8)18-9(5-17-13)10-6-15-7-20-10/h4-7H,1-3H3,(H,16,17). The number of aromatic nitrogens is 4. The van der Waals surface area contributed by atoms with Crippen LogP contribution in [0, 0.1) is 5.41 Å². The van der Waals surface area contributed by atoms with Crippen LogP contribution in [-0.4, -0.2) is 25.7 Å². The molecule has 0 radical (unpaired) electrons. The molecule has 0 atom stereocenters. The zero-order valence-electron chi connectivity index (χ0n) is 11.5. The molecule has 0 aliphatic carbocycles. The maximum atomic E-state index is 12.4. The number of Topliss-reactive ketones (excluding diaryl/α,β-unsaturated/α-hetero) is 1. The van der Waals surface area contributed by atoms with E-state index in [0.29, 0.717) is 28.2 Å². The van der Waals surface area contributed by atoms with Gasteiger partial charge in [-0.25, -0.2) is 15.0 Å². The summed E-state index contributed by atoms with van der Waals surface area (Å²) in [6, 6.07) is 0. The number of carbonyl (C=O) groups excluding carboxylic acids is 1. The minimum atomic E-state index is -0.473. The maximum absolute atomic E-state index is 12.4. The summed E-state index contributed by atoms with van der Waals surface area (Å²) in [6.45, 7) is 5.63. The summed E-state index contributed by atoms with van der Waals surface area (Å²) in [6.07, 6.45) is 6.14. The molecule has 0 fully saturated rings. The van der Waals surface area contributed by atoms with Crippen molar-refractivity contribution in [2.24, 2.45) is 5.41 Å². The van der Waals surface area contributed by atoms with Crippen LogP contribution in [0.4, 0.5) is 0 Å². The van der Waals surface area contributed by atoms with Crippen molar-refractivity contribution in [1.82, 2.24) is 19.9 Å². The second-order valence-electron chi connectivity index (χ2n) is 5.60. The van der Waals surface area contributed by atoms with E-state index in [0.717, 1.165) is 0 Å². The van der Waals surface area contributed by atoms with E-state index < -0.39 is 5.41 Å². The quantitative estimate of drug-likeness (QED) is 0.724. The number of hydrogen-bond acceptors (Lipinski definition) is 5. The first-order chi connectivity index (χ1) is 9.47. The fraction of sp³-hybridized carbons (Fsp3) is 0.286. The highest BCUT2D eigenvalue weighted by Crippen LogP contribution is 2.26. The lowest BCUT2D eigenvalue weighted by molar-refractivity contribution is 0.0860. The van der Waals surface area contributed by atoms with Gasteiger partial charge in [0, 0.05) is 11.6 Å². The third kappa shape index (κ3) is 1.99. The monoisotopic (exact) mass is 270 g/mol. The molecule has 0 spiro atoms. The summed E-state index contributed by atoms with van der Waals surface area (Å²) >= 11 is 0. The van der Waals surface area contributed by atoms with E-state index in [4.69, 9.17) is 4.42 Å². The number of nitrogens with one attached hydrogen (secondary N) is 1. The Balaban J connectivity index is 2.16. The average molecular weight is 270 g/mol. The molecule has 3 rings (SSSR count). The van der Waals surface area contributed by atoms with Crippen LogP contribution in [0.25, 0.3) is 22.6 Å². The SMILES string of the molecule is CC(C)(C)C(=O)c1c[nH]c2ncc(-c3cnco3)nc12. The minimum absolute atomic E-state index is 0.0211. The predicted octanol–water partition coefficient (Wildman–Crippen LogP) is 2.84. The molecule has 102 valence electrons. The number of H-pyrrole nitrogens is 1. The molecule has 1 N–H and O–H groups in total. The van der Waals surface area contributed by atoms with Crippen molar-refractivity contribution in [2.45, 2.75) is 20.8 Å². The van der Waals surface area contributed by atoms with Gasteiger partial charge in [-0.2, -0.15) is 0 Å². The lowest BCUT2D eigenvalue weighted by atomic mass is 9.87. The van der Waals surface area contributed by atoms with E-state index in [1.165, 1.54) is 6.39 Å². The molecular weight excluding hydrogens is 256 g/mol. The summed E-state index contributed by atoms with van der Waals surface area (Å²) in [5, 5.41) is 0. The largest absolute Gasteiger partial charge is 0.442 e. The van der Waals surface area contributed by atoms with Gasteiger partial charge in [-0.15, -0.1) is 0 Å². The highest BCUT2D eigenvalue weighted by molar-refractivity contribution is 6.08. The van der Waals surface area contributed by atoms with Crippen molar-refractivity contribution < 1.29 is 9.21 Å². The minimum Gasteiger partial charge on any atom is -0.442 e. The molecule has 0 saturated carbocycles. The van der Waals surface area contributed by atoms with E-state index in [-0.39, 0.29) is 5.78 Å². The molecule has 0 saturated heterocycles. The van der Waals surface area contributed by atoms with Crippen LogP contribution in [0.5, 0.6) is 0 Å². The molecule has 0 amide bonds. The van der Waals surface area contributed by atoms with E-state index in [9.17, 15) is 4.79 Å². The van der Waals surface area contributed by atoms with Gasteiger partial charge in [-0.05, 0) is 0 Å². The summed E-state index contributed by atoms with van der Waals surface area (Å²) in [4.78, 5) is 28.0. The summed E-state index contributed by atoms with van der Waals surface area (Å²) in [7, 11) is 0. The lowest BCUT2D eigenvalue weighted by Gasteiger charge is -2.15. The third-order valence-electron chi connectivity index (χ3n) is 2.99. The number of ketones is 1. The van der Waals surface area contributed by atoms with Crippen molar-refractivity contribution in [3.63, 3.8) is 0 Å². The van der Waals surface area contributed by atoms with Gasteiger partial charge in [-0.1, -0.05) is 20.8 Å². The van der Waals surface area contributed by atoms with E-state index >= 15 is 0 Å². The van der Waals surface area contributed by atoms with Gasteiger partial charge in [0.25, 0.3) is 0 Å². The van der Waals surface area contributed by atoms with Gasteiger partial charge in [0.2, 0.25) is 0 Å². The number of oxazole rings is 1. The molecular formula is C14H14N4O2. The summed E-state index contributed by atoms with van der Waals surface area (Å²) in [5.74, 6) is 0.544. The van der Waals surface area contributed by atoms with Gasteiger partial charge >= 0.3 is 0 Å². The summed E-state index contributed by atoms with van der Waals surface area (Å²) in [5.41, 5.74) is 1.76. The molecule has 3 aromatic heterocycles. The molecule has 6 nitrogen and oxygen atoms in total. The van der Waals surface area contributed by atoms with Gasteiger partial charge in [-0.3, -0.25) is 4.79 Å². The molecule has 20 heavy (non-hydrogen) atoms. The average Bonchev–Trinajstić information content (AvgIpc) is 3.05. The Kier molecular flexibility index (Phi) is 2.67. The molecule has 0 aliphatic rings. The van der Waals surface area contributed by atoms with Gasteiger partial charge in [0.05, 0.1) is 18.0 Å². The number of hydrogen-bond donors (Lipinski definition) is 1. The van der Waals surface area contributed by atoms with Crippen LogP contribution in [0.15, 0.2) is 29.4 Å². The zero-order chi connectivity index (χ0) is 14.3. The number of aromatic amines is 1. The van der Waals surface area contributed by atoms with Crippen LogP contribution >= 0.6 is 0 Å². The zero-order valence-corrected chi connectivity index (χ0v) is 11.5. The van der Waals surface area contributed by atoms with Crippen molar-refractivity contribution in [3.8, 4) is 11.5 Å². The van der Waals surface area contributed by atoms with Crippen LogP contribution in [0.2, 0.25) is 0 Å². The number of carbonyl (C=O) groups is 1. The molecule has 3 aromatic rings.